The minimum absolute atomic E-state index is 0.0466. The third-order valence-electron chi connectivity index (χ3n) is 2.75. The zero-order valence-electron chi connectivity index (χ0n) is 9.70. The molecule has 0 aliphatic rings. The van der Waals surface area contributed by atoms with Crippen molar-refractivity contribution in [2.45, 2.75) is 26.3 Å². The van der Waals surface area contributed by atoms with E-state index in [0.29, 0.717) is 10.6 Å². The van der Waals surface area contributed by atoms with E-state index in [9.17, 15) is 9.90 Å². The number of carbonyl (C=O) groups excluding carboxylic acids is 1. The molecule has 1 N–H and O–H groups in total. The van der Waals surface area contributed by atoms with Gasteiger partial charge in [-0.2, -0.15) is 0 Å². The van der Waals surface area contributed by atoms with Crippen molar-refractivity contribution in [3.63, 3.8) is 0 Å². The van der Waals surface area contributed by atoms with Crippen LogP contribution in [0.15, 0.2) is 18.2 Å². The Morgan fingerprint density at radius 1 is 1.56 bits per heavy atom. The summed E-state index contributed by atoms with van der Waals surface area (Å²) in [6.07, 6.45) is 0.874. The zero-order chi connectivity index (χ0) is 12.3. The predicted molar refractivity (Wildman–Crippen MR) is 65.0 cm³/mol. The van der Waals surface area contributed by atoms with Crippen LogP contribution < -0.4 is 0 Å². The van der Waals surface area contributed by atoms with Gasteiger partial charge < -0.3 is 10.0 Å². The van der Waals surface area contributed by atoms with Crippen LogP contribution in [0, 0.1) is 0 Å². The Kier molecular flexibility index (Phi) is 4.19. The summed E-state index contributed by atoms with van der Waals surface area (Å²) < 4.78 is 0. The molecule has 88 valence electrons. The number of hydrogen-bond acceptors (Lipinski definition) is 2. The molecule has 1 unspecified atom stereocenters. The molecule has 1 aromatic rings. The summed E-state index contributed by atoms with van der Waals surface area (Å²) in [6, 6.07) is 4.52. The Balaban J connectivity index is 3.00. The average molecular weight is 242 g/mol. The Bertz CT molecular complexity index is 393. The molecule has 0 bridgehead atoms. The van der Waals surface area contributed by atoms with Gasteiger partial charge in [-0.25, -0.2) is 0 Å². The van der Waals surface area contributed by atoms with Crippen molar-refractivity contribution < 1.29 is 9.90 Å². The van der Waals surface area contributed by atoms with Crippen molar-refractivity contribution in [1.29, 1.82) is 0 Å². The normalized spacial score (nSPS) is 12.2. The van der Waals surface area contributed by atoms with Gasteiger partial charge in [-0.15, -0.1) is 0 Å². The highest BCUT2D eigenvalue weighted by Gasteiger charge is 2.18. The first-order chi connectivity index (χ1) is 7.47. The number of carbonyl (C=O) groups is 1. The third-order valence-corrected chi connectivity index (χ3v) is 3.08. The smallest absolute Gasteiger partial charge is 0.255 e. The summed E-state index contributed by atoms with van der Waals surface area (Å²) in [7, 11) is 1.73. The molecule has 16 heavy (non-hydrogen) atoms. The molecular weight excluding hydrogens is 226 g/mol. The highest BCUT2D eigenvalue weighted by molar-refractivity contribution is 6.33. The topological polar surface area (TPSA) is 40.5 Å². The molecule has 1 amide bonds. The number of amides is 1. The van der Waals surface area contributed by atoms with Gasteiger partial charge in [0.25, 0.3) is 5.91 Å². The first kappa shape index (κ1) is 12.8. The fraction of sp³-hybridized carbons (Fsp3) is 0.417. The summed E-state index contributed by atoms with van der Waals surface area (Å²) in [4.78, 5) is 13.7. The Hall–Kier alpha value is -1.22. The van der Waals surface area contributed by atoms with E-state index in [0.717, 1.165) is 6.42 Å². The molecule has 3 nitrogen and oxygen atoms in total. The monoisotopic (exact) mass is 241 g/mol. The molecule has 1 rings (SSSR count). The van der Waals surface area contributed by atoms with E-state index in [-0.39, 0.29) is 17.7 Å². The van der Waals surface area contributed by atoms with Crippen LogP contribution >= 0.6 is 11.6 Å². The van der Waals surface area contributed by atoms with Crippen LogP contribution in [0.5, 0.6) is 5.75 Å². The minimum atomic E-state index is -0.171. The first-order valence-electron chi connectivity index (χ1n) is 5.23. The Morgan fingerprint density at radius 2 is 2.19 bits per heavy atom. The Morgan fingerprint density at radius 3 is 2.75 bits per heavy atom. The Labute approximate surface area is 101 Å². The average Bonchev–Trinajstić information content (AvgIpc) is 2.29. The van der Waals surface area contributed by atoms with E-state index in [1.807, 2.05) is 13.8 Å². The maximum Gasteiger partial charge on any atom is 0.255 e. The molecule has 1 aromatic carbocycles. The number of phenols is 1. The van der Waals surface area contributed by atoms with Crippen molar-refractivity contribution in [1.82, 2.24) is 4.90 Å². The third kappa shape index (κ3) is 2.67. The predicted octanol–water partition coefficient (Wildman–Crippen LogP) is 2.92. The van der Waals surface area contributed by atoms with Gasteiger partial charge in [-0.05, 0) is 31.5 Å². The molecule has 0 fully saturated rings. The van der Waals surface area contributed by atoms with Gasteiger partial charge in [0.1, 0.15) is 5.75 Å². The van der Waals surface area contributed by atoms with Crippen LogP contribution in [0.25, 0.3) is 0 Å². The molecule has 0 heterocycles. The molecule has 0 spiro atoms. The molecule has 0 aliphatic carbocycles. The number of nitrogens with zero attached hydrogens (tertiary/aromatic N) is 1. The van der Waals surface area contributed by atoms with Crippen molar-refractivity contribution in [2.75, 3.05) is 7.05 Å². The molecule has 0 saturated carbocycles. The van der Waals surface area contributed by atoms with Crippen LogP contribution in [-0.4, -0.2) is 29.0 Å². The van der Waals surface area contributed by atoms with Gasteiger partial charge in [0.2, 0.25) is 0 Å². The minimum Gasteiger partial charge on any atom is -0.508 e. The van der Waals surface area contributed by atoms with Gasteiger partial charge in [0, 0.05) is 13.1 Å². The maximum absolute atomic E-state index is 12.0. The molecule has 0 aliphatic heterocycles. The van der Waals surface area contributed by atoms with Gasteiger partial charge >= 0.3 is 0 Å². The molecule has 0 aromatic heterocycles. The summed E-state index contributed by atoms with van der Waals surface area (Å²) >= 11 is 5.92. The van der Waals surface area contributed by atoms with Crippen molar-refractivity contribution >= 4 is 17.5 Å². The lowest BCUT2D eigenvalue weighted by Gasteiger charge is -2.24. The highest BCUT2D eigenvalue weighted by atomic mass is 35.5. The van der Waals surface area contributed by atoms with Crippen LogP contribution in [0.3, 0.4) is 0 Å². The fourth-order valence-corrected chi connectivity index (χ4v) is 1.54. The van der Waals surface area contributed by atoms with Gasteiger partial charge in [0.05, 0.1) is 10.6 Å². The van der Waals surface area contributed by atoms with Crippen molar-refractivity contribution in [2.24, 2.45) is 0 Å². The van der Waals surface area contributed by atoms with E-state index in [1.165, 1.54) is 18.2 Å². The van der Waals surface area contributed by atoms with Gasteiger partial charge in [-0.1, -0.05) is 18.5 Å². The number of aromatic hydroxyl groups is 1. The number of halogens is 1. The van der Waals surface area contributed by atoms with Gasteiger partial charge in [0.15, 0.2) is 0 Å². The quantitative estimate of drug-likeness (QED) is 0.884. The first-order valence-corrected chi connectivity index (χ1v) is 5.60. The molecule has 0 radical (unpaired) electrons. The fourth-order valence-electron chi connectivity index (χ4n) is 1.34. The van der Waals surface area contributed by atoms with Crippen molar-refractivity contribution in [3.8, 4) is 5.75 Å². The van der Waals surface area contributed by atoms with Crippen molar-refractivity contribution in [3.05, 3.63) is 28.8 Å². The summed E-state index contributed by atoms with van der Waals surface area (Å²) in [5.74, 6) is -0.124. The molecule has 4 heteroatoms. The molecular formula is C12H16ClNO2. The van der Waals surface area contributed by atoms with E-state index >= 15 is 0 Å². The zero-order valence-corrected chi connectivity index (χ0v) is 10.5. The van der Waals surface area contributed by atoms with E-state index < -0.39 is 0 Å². The number of benzene rings is 1. The number of rotatable bonds is 3. The molecule has 0 saturated heterocycles. The van der Waals surface area contributed by atoms with Crippen LogP contribution in [0.1, 0.15) is 30.6 Å². The van der Waals surface area contributed by atoms with Crippen LogP contribution in [0.4, 0.5) is 0 Å². The van der Waals surface area contributed by atoms with Crippen LogP contribution in [-0.2, 0) is 0 Å². The lowest BCUT2D eigenvalue weighted by molar-refractivity contribution is 0.0740. The highest BCUT2D eigenvalue weighted by Crippen LogP contribution is 2.23. The van der Waals surface area contributed by atoms with Crippen LogP contribution in [0.2, 0.25) is 5.02 Å². The number of hydrogen-bond donors (Lipinski definition) is 1. The van der Waals surface area contributed by atoms with Gasteiger partial charge in [-0.3, -0.25) is 4.79 Å². The summed E-state index contributed by atoms with van der Waals surface area (Å²) in [5.41, 5.74) is 0.337. The SMILES string of the molecule is CCC(C)N(C)C(=O)c1cc(O)ccc1Cl. The van der Waals surface area contributed by atoms with E-state index in [1.54, 1.807) is 11.9 Å². The second-order valence-corrected chi connectivity index (χ2v) is 4.24. The summed E-state index contributed by atoms with van der Waals surface area (Å²) in [5, 5.41) is 9.69. The largest absolute Gasteiger partial charge is 0.508 e. The molecule has 1 atom stereocenters. The second-order valence-electron chi connectivity index (χ2n) is 3.84. The lowest BCUT2D eigenvalue weighted by Crippen LogP contribution is -2.34. The number of phenolic OH excluding ortho intramolecular Hbond substituents is 1. The van der Waals surface area contributed by atoms with E-state index in [4.69, 9.17) is 11.6 Å². The van der Waals surface area contributed by atoms with E-state index in [2.05, 4.69) is 0 Å². The second kappa shape index (κ2) is 5.21. The lowest BCUT2D eigenvalue weighted by atomic mass is 10.1. The maximum atomic E-state index is 12.0. The standard InChI is InChI=1S/C12H16ClNO2/c1-4-8(2)14(3)12(16)10-7-9(15)5-6-11(10)13/h5-8,15H,4H2,1-3H3. The summed E-state index contributed by atoms with van der Waals surface area (Å²) in [6.45, 7) is 3.98.